The standard InChI is InChI=1S/C18H22F3N5/c19-18(20,21)15-3-1-13(2-4-15)11-25-9-10-26-16(12-25)23-24-17(26)14-5-7-22-8-6-14/h1-4,14,22H,5-12H2. The molecule has 0 atom stereocenters. The Morgan fingerprint density at radius 2 is 1.77 bits per heavy atom. The second kappa shape index (κ2) is 7.00. The lowest BCUT2D eigenvalue weighted by molar-refractivity contribution is -0.137. The van der Waals surface area contributed by atoms with E-state index in [1.165, 1.54) is 0 Å². The van der Waals surface area contributed by atoms with Gasteiger partial charge in [-0.1, -0.05) is 12.1 Å². The van der Waals surface area contributed by atoms with Gasteiger partial charge in [-0.05, 0) is 43.6 Å². The molecular weight excluding hydrogens is 343 g/mol. The Morgan fingerprint density at radius 3 is 2.46 bits per heavy atom. The number of hydrogen-bond acceptors (Lipinski definition) is 4. The van der Waals surface area contributed by atoms with E-state index in [0.717, 1.165) is 68.4 Å². The summed E-state index contributed by atoms with van der Waals surface area (Å²) in [5.41, 5.74) is 0.274. The van der Waals surface area contributed by atoms with Crippen molar-refractivity contribution in [2.24, 2.45) is 0 Å². The van der Waals surface area contributed by atoms with Crippen LogP contribution in [0.4, 0.5) is 13.2 Å². The molecule has 1 aromatic heterocycles. The molecule has 0 radical (unpaired) electrons. The van der Waals surface area contributed by atoms with E-state index < -0.39 is 11.7 Å². The maximum absolute atomic E-state index is 12.7. The first kappa shape index (κ1) is 17.5. The lowest BCUT2D eigenvalue weighted by atomic mass is 9.97. The average Bonchev–Trinajstić information content (AvgIpc) is 3.05. The van der Waals surface area contributed by atoms with Crippen molar-refractivity contribution in [1.82, 2.24) is 25.0 Å². The molecule has 140 valence electrons. The zero-order chi connectivity index (χ0) is 18.1. The van der Waals surface area contributed by atoms with Crippen LogP contribution < -0.4 is 5.32 Å². The number of benzene rings is 1. The molecule has 1 fully saturated rings. The monoisotopic (exact) mass is 365 g/mol. The van der Waals surface area contributed by atoms with Gasteiger partial charge in [-0.25, -0.2) is 0 Å². The fourth-order valence-electron chi connectivity index (χ4n) is 3.80. The van der Waals surface area contributed by atoms with Crippen LogP contribution in [0.2, 0.25) is 0 Å². The molecule has 2 aliphatic rings. The molecule has 26 heavy (non-hydrogen) atoms. The maximum atomic E-state index is 12.7. The first-order chi connectivity index (χ1) is 12.5. The molecule has 1 saturated heterocycles. The summed E-state index contributed by atoms with van der Waals surface area (Å²) in [5.74, 6) is 2.52. The number of fused-ring (bicyclic) bond motifs is 1. The molecule has 1 aromatic carbocycles. The minimum atomic E-state index is -4.29. The van der Waals surface area contributed by atoms with Crippen LogP contribution in [0.5, 0.6) is 0 Å². The van der Waals surface area contributed by atoms with E-state index in [2.05, 4.69) is 25.0 Å². The summed E-state index contributed by atoms with van der Waals surface area (Å²) in [7, 11) is 0. The van der Waals surface area contributed by atoms with Gasteiger partial charge in [0, 0.05) is 25.6 Å². The van der Waals surface area contributed by atoms with E-state index in [9.17, 15) is 13.2 Å². The van der Waals surface area contributed by atoms with E-state index in [-0.39, 0.29) is 0 Å². The molecule has 8 heteroatoms. The molecule has 0 unspecified atom stereocenters. The van der Waals surface area contributed by atoms with Gasteiger partial charge in [-0.3, -0.25) is 4.90 Å². The van der Waals surface area contributed by atoms with Crippen LogP contribution in [0.1, 0.15) is 41.5 Å². The van der Waals surface area contributed by atoms with Crippen LogP contribution in [-0.2, 0) is 25.8 Å². The number of hydrogen-bond donors (Lipinski definition) is 1. The van der Waals surface area contributed by atoms with E-state index in [1.807, 2.05) is 0 Å². The minimum Gasteiger partial charge on any atom is -0.317 e. The molecule has 0 spiro atoms. The van der Waals surface area contributed by atoms with E-state index >= 15 is 0 Å². The normalized spacial score (nSPS) is 19.5. The Kier molecular flexibility index (Phi) is 4.71. The zero-order valence-electron chi connectivity index (χ0n) is 14.5. The highest BCUT2D eigenvalue weighted by atomic mass is 19.4. The third kappa shape index (κ3) is 3.61. The predicted molar refractivity (Wildman–Crippen MR) is 90.4 cm³/mol. The maximum Gasteiger partial charge on any atom is 0.416 e. The van der Waals surface area contributed by atoms with Crippen molar-refractivity contribution in [2.45, 2.75) is 44.6 Å². The summed E-state index contributed by atoms with van der Waals surface area (Å²) in [5, 5.41) is 12.2. The van der Waals surface area contributed by atoms with Crippen molar-refractivity contribution in [3.8, 4) is 0 Å². The second-order valence-electron chi connectivity index (χ2n) is 7.06. The third-order valence-electron chi connectivity index (χ3n) is 5.25. The van der Waals surface area contributed by atoms with Crippen LogP contribution in [0.25, 0.3) is 0 Å². The first-order valence-corrected chi connectivity index (χ1v) is 9.02. The number of nitrogens with one attached hydrogen (secondary N) is 1. The predicted octanol–water partition coefficient (Wildman–Crippen LogP) is 2.78. The van der Waals surface area contributed by atoms with Crippen molar-refractivity contribution in [1.29, 1.82) is 0 Å². The van der Waals surface area contributed by atoms with Crippen LogP contribution in [0.15, 0.2) is 24.3 Å². The highest BCUT2D eigenvalue weighted by Crippen LogP contribution is 2.30. The van der Waals surface area contributed by atoms with Crippen molar-refractivity contribution in [2.75, 3.05) is 19.6 Å². The van der Waals surface area contributed by atoms with E-state index in [1.54, 1.807) is 12.1 Å². The van der Waals surface area contributed by atoms with Gasteiger partial charge in [0.25, 0.3) is 0 Å². The van der Waals surface area contributed by atoms with Gasteiger partial charge in [0.2, 0.25) is 0 Å². The second-order valence-corrected chi connectivity index (χ2v) is 7.06. The highest BCUT2D eigenvalue weighted by molar-refractivity contribution is 5.24. The van der Waals surface area contributed by atoms with Crippen molar-refractivity contribution >= 4 is 0 Å². The molecule has 0 saturated carbocycles. The zero-order valence-corrected chi connectivity index (χ0v) is 14.5. The summed E-state index contributed by atoms with van der Waals surface area (Å²) < 4.78 is 40.2. The molecule has 5 nitrogen and oxygen atoms in total. The van der Waals surface area contributed by atoms with Crippen LogP contribution in [-0.4, -0.2) is 39.3 Å². The number of piperidine rings is 1. The van der Waals surface area contributed by atoms with Crippen molar-refractivity contribution in [3.05, 3.63) is 47.0 Å². The highest BCUT2D eigenvalue weighted by Gasteiger charge is 2.30. The molecule has 0 aliphatic carbocycles. The van der Waals surface area contributed by atoms with E-state index in [4.69, 9.17) is 0 Å². The molecule has 0 amide bonds. The summed E-state index contributed by atoms with van der Waals surface area (Å²) in [6.07, 6.45) is -2.11. The van der Waals surface area contributed by atoms with Gasteiger partial charge in [0.05, 0.1) is 12.1 Å². The van der Waals surface area contributed by atoms with Gasteiger partial charge in [0.15, 0.2) is 0 Å². The fraction of sp³-hybridized carbons (Fsp3) is 0.556. The topological polar surface area (TPSA) is 46.0 Å². The van der Waals surface area contributed by atoms with Crippen molar-refractivity contribution < 1.29 is 13.2 Å². The molecule has 1 N–H and O–H groups in total. The minimum absolute atomic E-state index is 0.471. The van der Waals surface area contributed by atoms with E-state index in [0.29, 0.717) is 19.0 Å². The summed E-state index contributed by atoms with van der Waals surface area (Å²) in [6.45, 7) is 5.03. The Labute approximate surface area is 150 Å². The van der Waals surface area contributed by atoms with Crippen LogP contribution in [0, 0.1) is 0 Å². The van der Waals surface area contributed by atoms with Crippen LogP contribution in [0.3, 0.4) is 0 Å². The molecular formula is C18H22F3N5. The van der Waals surface area contributed by atoms with Crippen LogP contribution >= 0.6 is 0 Å². The summed E-state index contributed by atoms with van der Waals surface area (Å²) in [6, 6.07) is 5.42. The Balaban J connectivity index is 1.42. The number of halogens is 3. The number of alkyl halides is 3. The Bertz CT molecular complexity index is 747. The first-order valence-electron chi connectivity index (χ1n) is 9.02. The Hall–Kier alpha value is -1.93. The SMILES string of the molecule is FC(F)(F)c1ccc(CN2CCn3c(nnc3C3CCNCC3)C2)cc1. The van der Waals surface area contributed by atoms with Crippen molar-refractivity contribution in [3.63, 3.8) is 0 Å². The average molecular weight is 365 g/mol. The summed E-state index contributed by atoms with van der Waals surface area (Å²) >= 11 is 0. The van der Waals surface area contributed by atoms with Gasteiger partial charge in [-0.2, -0.15) is 13.2 Å². The van der Waals surface area contributed by atoms with Gasteiger partial charge >= 0.3 is 6.18 Å². The lowest BCUT2D eigenvalue weighted by Crippen LogP contribution is -2.35. The van der Waals surface area contributed by atoms with Gasteiger partial charge in [0.1, 0.15) is 11.6 Å². The molecule has 0 bridgehead atoms. The fourth-order valence-corrected chi connectivity index (χ4v) is 3.80. The third-order valence-corrected chi connectivity index (χ3v) is 5.25. The van der Waals surface area contributed by atoms with Gasteiger partial charge < -0.3 is 9.88 Å². The molecule has 3 heterocycles. The summed E-state index contributed by atoms with van der Waals surface area (Å²) in [4.78, 5) is 2.21. The quantitative estimate of drug-likeness (QED) is 0.909. The molecule has 2 aliphatic heterocycles. The lowest BCUT2D eigenvalue weighted by Gasteiger charge is -2.29. The largest absolute Gasteiger partial charge is 0.416 e. The molecule has 4 rings (SSSR count). The number of aromatic nitrogens is 3. The Morgan fingerprint density at radius 1 is 1.04 bits per heavy atom. The number of rotatable bonds is 3. The molecule has 2 aromatic rings. The smallest absolute Gasteiger partial charge is 0.317 e. The van der Waals surface area contributed by atoms with Gasteiger partial charge in [-0.15, -0.1) is 10.2 Å². The number of nitrogens with zero attached hydrogens (tertiary/aromatic N) is 4.